The number of carbonyl (C=O) groups is 1. The van der Waals surface area contributed by atoms with Crippen LogP contribution < -0.4 is 14.8 Å². The van der Waals surface area contributed by atoms with Crippen LogP contribution in [0.1, 0.15) is 40.0 Å². The number of hydrogen-bond acceptors (Lipinski definition) is 4. The van der Waals surface area contributed by atoms with E-state index in [2.05, 4.69) is 10.0 Å². The molecule has 0 saturated heterocycles. The SMILES string of the molecule is COc1ccccc1C(C)NC(=O)c1ccc(C)c(S(=O)(=O)NCc2ccccc2)c1. The number of methoxy groups -OCH3 is 1. The van der Waals surface area contributed by atoms with E-state index in [4.69, 9.17) is 4.74 Å². The number of carbonyl (C=O) groups excluding carboxylic acids is 1. The van der Waals surface area contributed by atoms with E-state index < -0.39 is 10.0 Å². The first-order valence-corrected chi connectivity index (χ1v) is 11.4. The van der Waals surface area contributed by atoms with Gasteiger partial charge in [0.1, 0.15) is 5.75 Å². The minimum Gasteiger partial charge on any atom is -0.496 e. The second kappa shape index (κ2) is 9.76. The maximum absolute atomic E-state index is 12.9. The van der Waals surface area contributed by atoms with E-state index in [-0.39, 0.29) is 29.0 Å². The van der Waals surface area contributed by atoms with Crippen LogP contribution in [0.3, 0.4) is 0 Å². The summed E-state index contributed by atoms with van der Waals surface area (Å²) in [6.45, 7) is 3.73. The molecule has 2 N–H and O–H groups in total. The fourth-order valence-corrected chi connectivity index (χ4v) is 4.55. The van der Waals surface area contributed by atoms with Crippen molar-refractivity contribution in [2.45, 2.75) is 31.3 Å². The molecule has 7 heteroatoms. The van der Waals surface area contributed by atoms with E-state index in [1.165, 1.54) is 6.07 Å². The quantitative estimate of drug-likeness (QED) is 0.557. The van der Waals surface area contributed by atoms with Gasteiger partial charge in [0.15, 0.2) is 0 Å². The number of sulfonamides is 1. The van der Waals surface area contributed by atoms with Crippen LogP contribution in [0.15, 0.2) is 77.7 Å². The zero-order chi connectivity index (χ0) is 22.4. The predicted molar refractivity (Wildman–Crippen MR) is 121 cm³/mol. The molecule has 6 nitrogen and oxygen atoms in total. The molecule has 0 saturated carbocycles. The molecule has 1 atom stereocenters. The first-order chi connectivity index (χ1) is 14.8. The first-order valence-electron chi connectivity index (χ1n) is 9.90. The molecule has 1 amide bonds. The zero-order valence-corrected chi connectivity index (χ0v) is 18.6. The number of rotatable bonds is 8. The topological polar surface area (TPSA) is 84.5 Å². The lowest BCUT2D eigenvalue weighted by Gasteiger charge is -2.18. The molecule has 3 aromatic carbocycles. The summed E-state index contributed by atoms with van der Waals surface area (Å²) in [6.07, 6.45) is 0. The van der Waals surface area contributed by atoms with Gasteiger partial charge in [0.05, 0.1) is 18.0 Å². The van der Waals surface area contributed by atoms with Crippen molar-refractivity contribution in [2.24, 2.45) is 0 Å². The summed E-state index contributed by atoms with van der Waals surface area (Å²) in [5, 5.41) is 2.91. The van der Waals surface area contributed by atoms with Crippen molar-refractivity contribution < 1.29 is 17.9 Å². The molecule has 3 aromatic rings. The molecular formula is C24H26N2O4S. The van der Waals surface area contributed by atoms with Gasteiger partial charge in [-0.1, -0.05) is 54.6 Å². The second-order valence-electron chi connectivity index (χ2n) is 7.23. The molecule has 0 fully saturated rings. The Balaban J connectivity index is 1.78. The van der Waals surface area contributed by atoms with Crippen molar-refractivity contribution in [3.05, 3.63) is 95.1 Å². The molecule has 0 radical (unpaired) electrons. The summed E-state index contributed by atoms with van der Waals surface area (Å²) in [7, 11) is -2.21. The van der Waals surface area contributed by atoms with Crippen molar-refractivity contribution >= 4 is 15.9 Å². The van der Waals surface area contributed by atoms with E-state index in [9.17, 15) is 13.2 Å². The lowest BCUT2D eigenvalue weighted by molar-refractivity contribution is 0.0939. The Labute approximate surface area is 183 Å². The molecule has 0 aliphatic carbocycles. The van der Waals surface area contributed by atoms with Crippen LogP contribution >= 0.6 is 0 Å². The Morgan fingerprint density at radius 1 is 1.00 bits per heavy atom. The smallest absolute Gasteiger partial charge is 0.251 e. The molecule has 162 valence electrons. The molecule has 1 unspecified atom stereocenters. The molecule has 3 rings (SSSR count). The number of benzene rings is 3. The highest BCUT2D eigenvalue weighted by Crippen LogP contribution is 2.25. The molecule has 0 heterocycles. The summed E-state index contributed by atoms with van der Waals surface area (Å²) in [4.78, 5) is 12.9. The molecule has 0 aromatic heterocycles. The summed E-state index contributed by atoms with van der Waals surface area (Å²) in [6, 6.07) is 21.0. The number of aryl methyl sites for hydroxylation is 1. The van der Waals surface area contributed by atoms with Crippen LogP contribution in [-0.4, -0.2) is 21.4 Å². The van der Waals surface area contributed by atoms with Gasteiger partial charge in [0.2, 0.25) is 10.0 Å². The monoisotopic (exact) mass is 438 g/mol. The number of ether oxygens (including phenoxy) is 1. The number of amides is 1. The largest absolute Gasteiger partial charge is 0.496 e. The highest BCUT2D eigenvalue weighted by atomic mass is 32.2. The van der Waals surface area contributed by atoms with Gasteiger partial charge >= 0.3 is 0 Å². The maximum Gasteiger partial charge on any atom is 0.251 e. The van der Waals surface area contributed by atoms with Crippen LogP contribution in [0.25, 0.3) is 0 Å². The van der Waals surface area contributed by atoms with Crippen molar-refractivity contribution in [3.8, 4) is 5.75 Å². The fraction of sp³-hybridized carbons (Fsp3) is 0.208. The summed E-state index contributed by atoms with van der Waals surface area (Å²) in [5.74, 6) is 0.311. The van der Waals surface area contributed by atoms with Gasteiger partial charge in [-0.15, -0.1) is 0 Å². The zero-order valence-electron chi connectivity index (χ0n) is 17.8. The molecular weight excluding hydrogens is 412 g/mol. The Hall–Kier alpha value is -3.16. The van der Waals surface area contributed by atoms with Gasteiger partial charge in [0.25, 0.3) is 5.91 Å². The van der Waals surface area contributed by atoms with Gasteiger partial charge < -0.3 is 10.1 Å². The first kappa shape index (κ1) is 22.5. The third-order valence-corrected chi connectivity index (χ3v) is 6.55. The third kappa shape index (κ3) is 5.51. The molecule has 0 aliphatic rings. The Kier molecular flexibility index (Phi) is 7.09. The predicted octanol–water partition coefficient (Wildman–Crippen LogP) is 3.97. The van der Waals surface area contributed by atoms with Crippen molar-refractivity contribution in [1.29, 1.82) is 0 Å². The molecule has 0 bridgehead atoms. The average molecular weight is 439 g/mol. The van der Waals surface area contributed by atoms with Gasteiger partial charge in [0, 0.05) is 17.7 Å². The minimum absolute atomic E-state index is 0.0843. The summed E-state index contributed by atoms with van der Waals surface area (Å²) >= 11 is 0. The van der Waals surface area contributed by atoms with Crippen LogP contribution in [0, 0.1) is 6.92 Å². The Morgan fingerprint density at radius 2 is 1.68 bits per heavy atom. The van der Waals surface area contributed by atoms with E-state index in [0.717, 1.165) is 11.1 Å². The summed E-state index contributed by atoms with van der Waals surface area (Å²) in [5.41, 5.74) is 2.52. The highest BCUT2D eigenvalue weighted by molar-refractivity contribution is 7.89. The van der Waals surface area contributed by atoms with Gasteiger partial charge in [-0.25, -0.2) is 13.1 Å². The molecule has 0 spiro atoms. The lowest BCUT2D eigenvalue weighted by Crippen LogP contribution is -2.28. The number of hydrogen-bond donors (Lipinski definition) is 2. The van der Waals surface area contributed by atoms with Crippen molar-refractivity contribution in [2.75, 3.05) is 7.11 Å². The standard InChI is InChI=1S/C24H26N2O4S/c1-17-13-14-20(24(27)26-18(2)21-11-7-8-12-22(21)30-3)15-23(17)31(28,29)25-16-19-9-5-4-6-10-19/h4-15,18,25H,16H2,1-3H3,(H,26,27). The van der Waals surface area contributed by atoms with Crippen LogP contribution in [0.2, 0.25) is 0 Å². The average Bonchev–Trinajstić information content (AvgIpc) is 2.78. The van der Waals surface area contributed by atoms with E-state index in [1.54, 1.807) is 26.2 Å². The minimum atomic E-state index is -3.79. The normalized spacial score (nSPS) is 12.2. The lowest BCUT2D eigenvalue weighted by atomic mass is 10.1. The Bertz CT molecular complexity index is 1160. The van der Waals surface area contributed by atoms with Crippen LogP contribution in [0.4, 0.5) is 0 Å². The molecule has 31 heavy (non-hydrogen) atoms. The number of nitrogens with one attached hydrogen (secondary N) is 2. The van der Waals surface area contributed by atoms with Crippen LogP contribution in [0.5, 0.6) is 5.75 Å². The van der Waals surface area contributed by atoms with Crippen molar-refractivity contribution in [3.63, 3.8) is 0 Å². The van der Waals surface area contributed by atoms with Gasteiger partial charge in [-0.2, -0.15) is 0 Å². The van der Waals surface area contributed by atoms with Gasteiger partial charge in [-0.3, -0.25) is 4.79 Å². The maximum atomic E-state index is 12.9. The highest BCUT2D eigenvalue weighted by Gasteiger charge is 2.20. The fourth-order valence-electron chi connectivity index (χ4n) is 3.26. The van der Waals surface area contributed by atoms with Gasteiger partial charge in [-0.05, 0) is 43.2 Å². The molecule has 0 aliphatic heterocycles. The van der Waals surface area contributed by atoms with Crippen LogP contribution in [-0.2, 0) is 16.6 Å². The second-order valence-corrected chi connectivity index (χ2v) is 8.96. The Morgan fingerprint density at radius 3 is 2.39 bits per heavy atom. The van der Waals surface area contributed by atoms with E-state index in [0.29, 0.717) is 11.3 Å². The third-order valence-electron chi connectivity index (χ3n) is 5.00. The van der Waals surface area contributed by atoms with E-state index in [1.807, 2.05) is 61.5 Å². The number of para-hydroxylation sites is 1. The van der Waals surface area contributed by atoms with E-state index >= 15 is 0 Å². The van der Waals surface area contributed by atoms with Crippen molar-refractivity contribution in [1.82, 2.24) is 10.0 Å². The summed E-state index contributed by atoms with van der Waals surface area (Å²) < 4.78 is 33.7.